The van der Waals surface area contributed by atoms with Crippen LogP contribution in [-0.2, 0) is 6.54 Å². The molecule has 0 bridgehead atoms. The third-order valence-electron chi connectivity index (χ3n) is 4.53. The van der Waals surface area contributed by atoms with Crippen LogP contribution in [0.25, 0.3) is 0 Å². The van der Waals surface area contributed by atoms with E-state index in [2.05, 4.69) is 36.3 Å². The minimum atomic E-state index is 0.609. The maximum atomic E-state index is 6.41. The van der Waals surface area contributed by atoms with Crippen LogP contribution in [0.5, 0.6) is 0 Å². The van der Waals surface area contributed by atoms with Gasteiger partial charge in [-0.2, -0.15) is 0 Å². The van der Waals surface area contributed by atoms with Crippen molar-refractivity contribution in [3.63, 3.8) is 0 Å². The largest absolute Gasteiger partial charge is 0.371 e. The van der Waals surface area contributed by atoms with Gasteiger partial charge in [-0.25, -0.2) is 0 Å². The first-order valence-corrected chi connectivity index (χ1v) is 7.78. The van der Waals surface area contributed by atoms with Crippen molar-refractivity contribution in [2.45, 2.75) is 51.2 Å². The van der Waals surface area contributed by atoms with E-state index < -0.39 is 0 Å². The smallest absolute Gasteiger partial charge is 0.0471 e. The fourth-order valence-corrected chi connectivity index (χ4v) is 2.94. The van der Waals surface area contributed by atoms with Gasteiger partial charge in [-0.15, -0.1) is 0 Å². The van der Waals surface area contributed by atoms with Gasteiger partial charge in [-0.1, -0.05) is 17.7 Å². The van der Waals surface area contributed by atoms with Crippen LogP contribution >= 0.6 is 11.6 Å². The van der Waals surface area contributed by atoms with Crippen molar-refractivity contribution >= 4 is 17.3 Å². The maximum absolute atomic E-state index is 6.41. The lowest BCUT2D eigenvalue weighted by Gasteiger charge is -2.29. The van der Waals surface area contributed by atoms with Crippen LogP contribution in [0, 0.1) is 5.92 Å². The normalized spacial score (nSPS) is 20.4. The van der Waals surface area contributed by atoms with E-state index in [1.54, 1.807) is 0 Å². The Bertz CT molecular complexity index is 452. The van der Waals surface area contributed by atoms with E-state index in [-0.39, 0.29) is 0 Å². The Hall–Kier alpha value is -0.730. The Labute approximate surface area is 121 Å². The lowest BCUT2D eigenvalue weighted by Crippen LogP contribution is -2.32. The van der Waals surface area contributed by atoms with Crippen LogP contribution < -0.4 is 10.2 Å². The highest BCUT2D eigenvalue weighted by Crippen LogP contribution is 2.38. The van der Waals surface area contributed by atoms with Crippen molar-refractivity contribution in [1.82, 2.24) is 5.32 Å². The van der Waals surface area contributed by atoms with Gasteiger partial charge in [0.25, 0.3) is 0 Å². The SMILES string of the molecule is CC(C1CC1)N(C)c1cccc(Cl)c1CNC1CC1. The molecule has 0 saturated heterocycles. The quantitative estimate of drug-likeness (QED) is 0.851. The number of hydrogen-bond donors (Lipinski definition) is 1. The first kappa shape index (κ1) is 13.3. The summed E-state index contributed by atoms with van der Waals surface area (Å²) in [5, 5.41) is 4.47. The molecule has 2 fully saturated rings. The predicted octanol–water partition coefficient (Wildman–Crippen LogP) is 3.83. The third kappa shape index (κ3) is 3.06. The average molecular weight is 279 g/mol. The zero-order valence-corrected chi connectivity index (χ0v) is 12.6. The number of nitrogens with one attached hydrogen (secondary N) is 1. The molecule has 2 aliphatic carbocycles. The van der Waals surface area contributed by atoms with E-state index in [1.807, 2.05) is 6.07 Å². The minimum Gasteiger partial charge on any atom is -0.371 e. The highest BCUT2D eigenvalue weighted by molar-refractivity contribution is 6.31. The summed E-state index contributed by atoms with van der Waals surface area (Å²) < 4.78 is 0. The standard InChI is InChI=1S/C16H23ClN2/c1-11(12-6-7-12)19(2)16-5-3-4-15(17)14(16)10-18-13-8-9-13/h3-5,11-13,18H,6-10H2,1-2H3. The second-order valence-corrected chi connectivity index (χ2v) is 6.49. The molecule has 3 heteroatoms. The average Bonchev–Trinajstić information content (AvgIpc) is 3.28. The van der Waals surface area contributed by atoms with E-state index >= 15 is 0 Å². The number of nitrogens with zero attached hydrogens (tertiary/aromatic N) is 1. The minimum absolute atomic E-state index is 0.609. The number of anilines is 1. The summed E-state index contributed by atoms with van der Waals surface area (Å²) in [5.74, 6) is 0.869. The molecule has 0 heterocycles. The lowest BCUT2D eigenvalue weighted by atomic mass is 10.1. The molecule has 3 rings (SSSR count). The zero-order chi connectivity index (χ0) is 13.4. The first-order chi connectivity index (χ1) is 9.16. The maximum Gasteiger partial charge on any atom is 0.0471 e. The van der Waals surface area contributed by atoms with Crippen LogP contribution in [0.2, 0.25) is 5.02 Å². The molecule has 1 N–H and O–H groups in total. The second kappa shape index (κ2) is 5.34. The van der Waals surface area contributed by atoms with E-state index in [9.17, 15) is 0 Å². The second-order valence-electron chi connectivity index (χ2n) is 6.08. The lowest BCUT2D eigenvalue weighted by molar-refractivity contribution is 0.603. The molecule has 1 atom stereocenters. The molecule has 2 nitrogen and oxygen atoms in total. The Morgan fingerprint density at radius 1 is 1.32 bits per heavy atom. The summed E-state index contributed by atoms with van der Waals surface area (Å²) in [6.07, 6.45) is 5.38. The predicted molar refractivity (Wildman–Crippen MR) is 81.9 cm³/mol. The molecule has 0 amide bonds. The van der Waals surface area contributed by atoms with Crippen LogP contribution in [-0.4, -0.2) is 19.1 Å². The molecule has 104 valence electrons. The van der Waals surface area contributed by atoms with E-state index in [0.717, 1.165) is 23.5 Å². The monoisotopic (exact) mass is 278 g/mol. The van der Waals surface area contributed by atoms with Crippen LogP contribution in [0.15, 0.2) is 18.2 Å². The molecular weight excluding hydrogens is 256 g/mol. The molecule has 0 aromatic heterocycles. The Kier molecular flexibility index (Phi) is 3.72. The zero-order valence-electron chi connectivity index (χ0n) is 11.8. The molecule has 19 heavy (non-hydrogen) atoms. The van der Waals surface area contributed by atoms with Crippen molar-refractivity contribution in [1.29, 1.82) is 0 Å². The Balaban J connectivity index is 1.79. The summed E-state index contributed by atoms with van der Waals surface area (Å²) in [5.41, 5.74) is 2.55. The van der Waals surface area contributed by atoms with Crippen molar-refractivity contribution in [2.24, 2.45) is 5.92 Å². The summed E-state index contributed by atoms with van der Waals surface area (Å²) in [6.45, 7) is 3.22. The summed E-state index contributed by atoms with van der Waals surface area (Å²) in [7, 11) is 2.20. The van der Waals surface area contributed by atoms with Crippen molar-refractivity contribution in [2.75, 3.05) is 11.9 Å². The van der Waals surface area contributed by atoms with Gasteiger partial charge in [0.15, 0.2) is 0 Å². The molecule has 2 saturated carbocycles. The van der Waals surface area contributed by atoms with Gasteiger partial charge in [-0.05, 0) is 50.7 Å². The van der Waals surface area contributed by atoms with Gasteiger partial charge < -0.3 is 10.2 Å². The summed E-state index contributed by atoms with van der Waals surface area (Å²) >= 11 is 6.41. The number of rotatable bonds is 6. The van der Waals surface area contributed by atoms with Crippen molar-refractivity contribution in [3.05, 3.63) is 28.8 Å². The van der Waals surface area contributed by atoms with Crippen LogP contribution in [0.4, 0.5) is 5.69 Å². The Morgan fingerprint density at radius 2 is 2.05 bits per heavy atom. The molecule has 0 aliphatic heterocycles. The molecule has 2 aliphatic rings. The number of hydrogen-bond acceptors (Lipinski definition) is 2. The van der Waals surface area contributed by atoms with Gasteiger partial charge in [-0.3, -0.25) is 0 Å². The van der Waals surface area contributed by atoms with E-state index in [1.165, 1.54) is 36.9 Å². The summed E-state index contributed by atoms with van der Waals surface area (Å²) in [4.78, 5) is 2.41. The molecule has 1 unspecified atom stereocenters. The molecule has 0 spiro atoms. The fourth-order valence-electron chi connectivity index (χ4n) is 2.70. The van der Waals surface area contributed by atoms with Gasteiger partial charge in [0.05, 0.1) is 0 Å². The highest BCUT2D eigenvalue weighted by Gasteiger charge is 2.31. The fraction of sp³-hybridized carbons (Fsp3) is 0.625. The third-order valence-corrected chi connectivity index (χ3v) is 4.89. The van der Waals surface area contributed by atoms with Crippen molar-refractivity contribution < 1.29 is 0 Å². The summed E-state index contributed by atoms with van der Waals surface area (Å²) in [6, 6.07) is 7.60. The van der Waals surface area contributed by atoms with Gasteiger partial charge >= 0.3 is 0 Å². The number of halogens is 1. The van der Waals surface area contributed by atoms with E-state index in [4.69, 9.17) is 11.6 Å². The van der Waals surface area contributed by atoms with Crippen LogP contribution in [0.1, 0.15) is 38.2 Å². The Morgan fingerprint density at radius 3 is 2.68 bits per heavy atom. The van der Waals surface area contributed by atoms with Gasteiger partial charge in [0.1, 0.15) is 0 Å². The van der Waals surface area contributed by atoms with Gasteiger partial charge in [0, 0.05) is 41.9 Å². The highest BCUT2D eigenvalue weighted by atomic mass is 35.5. The molecule has 1 aromatic carbocycles. The first-order valence-electron chi connectivity index (χ1n) is 7.40. The molecule has 0 radical (unpaired) electrons. The molecule has 1 aromatic rings. The number of benzene rings is 1. The topological polar surface area (TPSA) is 15.3 Å². The van der Waals surface area contributed by atoms with Crippen LogP contribution in [0.3, 0.4) is 0 Å². The van der Waals surface area contributed by atoms with Crippen molar-refractivity contribution in [3.8, 4) is 0 Å². The van der Waals surface area contributed by atoms with E-state index in [0.29, 0.717) is 6.04 Å². The van der Waals surface area contributed by atoms with Gasteiger partial charge in [0.2, 0.25) is 0 Å². The molecular formula is C16H23ClN2.